The normalized spacial score (nSPS) is 28.5. The molecule has 0 spiro atoms. The molecule has 2 aromatic carbocycles. The van der Waals surface area contributed by atoms with Gasteiger partial charge in [-0.15, -0.1) is 0 Å². The molecule has 0 saturated heterocycles. The first-order valence-corrected chi connectivity index (χ1v) is 14.6. The Morgan fingerprint density at radius 1 is 1.05 bits per heavy atom. The molecule has 1 unspecified atom stereocenters. The van der Waals surface area contributed by atoms with Crippen LogP contribution in [-0.2, 0) is 20.8 Å². The van der Waals surface area contributed by atoms with E-state index in [1.807, 2.05) is 19.1 Å². The summed E-state index contributed by atoms with van der Waals surface area (Å²) in [4.78, 5) is 53.3. The van der Waals surface area contributed by atoms with Crippen LogP contribution in [-0.4, -0.2) is 49.2 Å². The second-order valence-electron chi connectivity index (χ2n) is 13.3. The third kappa shape index (κ3) is 3.99. The molecular weight excluding hydrogens is 548 g/mol. The first-order valence-electron chi connectivity index (χ1n) is 14.6. The monoisotopic (exact) mass is 586 g/mol. The quantitative estimate of drug-likeness (QED) is 0.255. The van der Waals surface area contributed by atoms with Crippen LogP contribution in [0.3, 0.4) is 0 Å². The van der Waals surface area contributed by atoms with Crippen molar-refractivity contribution in [2.24, 2.45) is 22.7 Å². The van der Waals surface area contributed by atoms with Crippen molar-refractivity contribution in [3.05, 3.63) is 69.5 Å². The number of carbonyl (C=O) groups is 4. The number of aromatic hydroxyl groups is 1. The van der Waals surface area contributed by atoms with Crippen molar-refractivity contribution >= 4 is 28.9 Å². The van der Waals surface area contributed by atoms with Gasteiger partial charge in [0.1, 0.15) is 22.8 Å². The smallest absolute Gasteiger partial charge is 0.203 e. The minimum absolute atomic E-state index is 0.00733. The maximum Gasteiger partial charge on any atom is 0.203 e. The second kappa shape index (κ2) is 9.74. The number of aliphatic hydroxyl groups is 3. The van der Waals surface area contributed by atoms with Crippen molar-refractivity contribution in [1.82, 2.24) is 0 Å². The van der Waals surface area contributed by atoms with Gasteiger partial charge in [-0.3, -0.25) is 19.2 Å². The van der Waals surface area contributed by atoms with Crippen LogP contribution in [0.1, 0.15) is 81.4 Å². The Kier molecular flexibility index (Phi) is 6.89. The number of aliphatic hydroxyl groups excluding tert-OH is 2. The zero-order valence-electron chi connectivity index (χ0n) is 25.6. The lowest BCUT2D eigenvalue weighted by Gasteiger charge is -2.59. The summed E-state index contributed by atoms with van der Waals surface area (Å²) in [5, 5.41) is 46.3. The molecule has 0 bridgehead atoms. The zero-order valence-corrected chi connectivity index (χ0v) is 25.6. The topological polar surface area (TPSA) is 149 Å². The van der Waals surface area contributed by atoms with E-state index in [9.17, 15) is 39.6 Å². The van der Waals surface area contributed by atoms with Crippen molar-refractivity contribution in [2.45, 2.75) is 73.3 Å². The van der Waals surface area contributed by atoms with Crippen LogP contribution in [0, 0.1) is 29.6 Å². The van der Waals surface area contributed by atoms with Gasteiger partial charge >= 0.3 is 0 Å². The van der Waals surface area contributed by atoms with Crippen molar-refractivity contribution in [1.29, 1.82) is 0 Å². The van der Waals surface area contributed by atoms with Gasteiger partial charge < -0.3 is 20.4 Å². The van der Waals surface area contributed by atoms with E-state index in [1.54, 1.807) is 46.8 Å². The molecule has 3 aliphatic rings. The van der Waals surface area contributed by atoms with Crippen LogP contribution < -0.4 is 0 Å². The Balaban J connectivity index is 1.81. The predicted octanol–water partition coefficient (Wildman–Crippen LogP) is 5.76. The molecule has 8 heteroatoms. The molecule has 4 N–H and O–H groups in total. The molecule has 0 aliphatic heterocycles. The average molecular weight is 587 g/mol. The van der Waals surface area contributed by atoms with Crippen LogP contribution >= 0.6 is 0 Å². The number of hydrogen-bond acceptors (Lipinski definition) is 8. The maximum atomic E-state index is 14.5. The molecule has 4 atom stereocenters. The summed E-state index contributed by atoms with van der Waals surface area (Å²) in [6, 6.07) is 8.61. The van der Waals surface area contributed by atoms with Gasteiger partial charge in [-0.2, -0.15) is 0 Å². The maximum absolute atomic E-state index is 14.5. The minimum atomic E-state index is -2.66. The highest BCUT2D eigenvalue weighted by molar-refractivity contribution is 6.24. The van der Waals surface area contributed by atoms with Crippen molar-refractivity contribution in [2.75, 3.05) is 0 Å². The van der Waals surface area contributed by atoms with Gasteiger partial charge in [-0.1, -0.05) is 46.8 Å². The van der Waals surface area contributed by atoms with E-state index < -0.39 is 62.7 Å². The van der Waals surface area contributed by atoms with Crippen LogP contribution in [0.4, 0.5) is 0 Å². The molecule has 1 saturated carbocycles. The standard InChI is InChI=1S/C35H38O8/c1-8-23(37)20-12-17(4)11-19(13-20)21-9-10-24(38)26-22(21)14-33(6)15-34(7)27(16(2)3)29(39)25(18(5)36)31(41)35(34,43)32(42)28(33)30(26)40/h9-13,16,27,38,40-41,43H,8,14-15H2,1-7H3/t27?,33-,34-,35+/m1/s1. The molecule has 0 radical (unpaired) electrons. The fourth-order valence-electron chi connectivity index (χ4n) is 8.29. The van der Waals surface area contributed by atoms with Gasteiger partial charge in [-0.05, 0) is 73.1 Å². The van der Waals surface area contributed by atoms with Crippen molar-refractivity contribution in [3.8, 4) is 16.9 Å². The average Bonchev–Trinajstić information content (AvgIpc) is 2.89. The summed E-state index contributed by atoms with van der Waals surface area (Å²) in [7, 11) is 0. The van der Waals surface area contributed by atoms with Crippen LogP contribution in [0.5, 0.6) is 5.75 Å². The van der Waals surface area contributed by atoms with E-state index >= 15 is 0 Å². The van der Waals surface area contributed by atoms with Crippen LogP contribution in [0.15, 0.2) is 47.2 Å². The molecule has 226 valence electrons. The van der Waals surface area contributed by atoms with Gasteiger partial charge in [-0.25, -0.2) is 0 Å². The van der Waals surface area contributed by atoms with Gasteiger partial charge in [0.25, 0.3) is 0 Å². The first-order chi connectivity index (χ1) is 19.9. The Morgan fingerprint density at radius 3 is 2.28 bits per heavy atom. The molecule has 0 heterocycles. The Morgan fingerprint density at radius 2 is 1.70 bits per heavy atom. The fourth-order valence-corrected chi connectivity index (χ4v) is 8.29. The molecule has 1 fully saturated rings. The molecule has 2 aromatic rings. The van der Waals surface area contributed by atoms with Crippen LogP contribution in [0.2, 0.25) is 0 Å². The third-order valence-corrected chi connectivity index (χ3v) is 9.92. The molecular formula is C35H38O8. The van der Waals surface area contributed by atoms with Crippen LogP contribution in [0.25, 0.3) is 16.9 Å². The highest BCUT2D eigenvalue weighted by Crippen LogP contribution is 2.65. The summed E-state index contributed by atoms with van der Waals surface area (Å²) >= 11 is 0. The molecule has 3 aliphatic carbocycles. The number of phenolic OH excluding ortho intramolecular Hbond substituents is 1. The van der Waals surface area contributed by atoms with Gasteiger partial charge in [0.2, 0.25) is 5.78 Å². The number of phenols is 1. The van der Waals surface area contributed by atoms with E-state index in [0.29, 0.717) is 28.7 Å². The van der Waals surface area contributed by atoms with Crippen molar-refractivity contribution in [3.63, 3.8) is 0 Å². The van der Waals surface area contributed by atoms with Gasteiger partial charge in [0.15, 0.2) is 23.0 Å². The number of ketones is 4. The van der Waals surface area contributed by atoms with Gasteiger partial charge in [0, 0.05) is 34.3 Å². The van der Waals surface area contributed by atoms with E-state index in [-0.39, 0.29) is 35.5 Å². The molecule has 8 nitrogen and oxygen atoms in total. The fraction of sp³-hybridized carbons (Fsp3) is 0.429. The lowest BCUT2D eigenvalue weighted by molar-refractivity contribution is -0.178. The van der Waals surface area contributed by atoms with E-state index in [2.05, 4.69) is 0 Å². The summed E-state index contributed by atoms with van der Waals surface area (Å²) in [5.74, 6) is -5.61. The summed E-state index contributed by atoms with van der Waals surface area (Å²) in [6.45, 7) is 11.6. The molecule has 0 amide bonds. The SMILES string of the molecule is CCC(=O)c1cc(C)cc(-c2ccc(O)c3c2C[C@]2(C)C[C@]4(C)C(C(C)C)C(=O)C(C(C)=O)=C(O)[C@]4(O)C(=O)C2=C3O)c1. The second-order valence-corrected chi connectivity index (χ2v) is 13.3. The lowest BCUT2D eigenvalue weighted by Crippen LogP contribution is -2.69. The summed E-state index contributed by atoms with van der Waals surface area (Å²) in [5.41, 5.74) is -2.76. The third-order valence-electron chi connectivity index (χ3n) is 9.92. The Bertz CT molecular complexity index is 1710. The number of allylic oxidation sites excluding steroid dienone is 1. The number of carbonyl (C=O) groups excluding carboxylic acids is 4. The molecule has 5 rings (SSSR count). The van der Waals surface area contributed by atoms with Gasteiger partial charge in [0.05, 0.1) is 5.56 Å². The number of benzene rings is 2. The zero-order chi connectivity index (χ0) is 32.0. The van der Waals surface area contributed by atoms with E-state index in [4.69, 9.17) is 0 Å². The van der Waals surface area contributed by atoms with Crippen molar-refractivity contribution < 1.29 is 39.6 Å². The number of Topliss-reactive ketones (excluding diaryl/α,β-unsaturated/α-hetero) is 4. The summed E-state index contributed by atoms with van der Waals surface area (Å²) < 4.78 is 0. The largest absolute Gasteiger partial charge is 0.508 e. The number of hydrogen-bond donors (Lipinski definition) is 4. The highest BCUT2D eigenvalue weighted by atomic mass is 16.3. The number of aryl methyl sites for hydroxylation is 1. The Hall–Kier alpha value is -4.04. The lowest BCUT2D eigenvalue weighted by atomic mass is 9.43. The number of rotatable bonds is 5. The highest BCUT2D eigenvalue weighted by Gasteiger charge is 2.72. The Labute approximate surface area is 250 Å². The van der Waals surface area contributed by atoms with E-state index in [1.165, 1.54) is 6.07 Å². The molecule has 43 heavy (non-hydrogen) atoms. The molecule has 0 aromatic heterocycles. The first kappa shape index (κ1) is 30.4. The predicted molar refractivity (Wildman–Crippen MR) is 161 cm³/mol. The number of fused-ring (bicyclic) bond motifs is 3. The minimum Gasteiger partial charge on any atom is -0.508 e. The van der Waals surface area contributed by atoms with E-state index in [0.717, 1.165) is 12.5 Å². The summed E-state index contributed by atoms with van der Waals surface area (Å²) in [6.07, 6.45) is 0.484.